The standard InChI is InChI=1S/C12H22N4O2S/c1-5-7-15(6-2)11-13-14-12(16(11)9(3)4)19-8-10(17)18/h9H,5-8H2,1-4H3,(H,17,18). The zero-order chi connectivity index (χ0) is 14.4. The normalized spacial score (nSPS) is 11.0. The van der Waals surface area contributed by atoms with E-state index in [4.69, 9.17) is 5.11 Å². The molecule has 0 aliphatic heterocycles. The van der Waals surface area contributed by atoms with Gasteiger partial charge in [-0.1, -0.05) is 18.7 Å². The van der Waals surface area contributed by atoms with Crippen molar-refractivity contribution in [2.45, 2.75) is 45.3 Å². The van der Waals surface area contributed by atoms with E-state index in [0.29, 0.717) is 5.16 Å². The number of aromatic nitrogens is 3. The van der Waals surface area contributed by atoms with Crippen LogP contribution in [0.15, 0.2) is 5.16 Å². The molecule has 108 valence electrons. The van der Waals surface area contributed by atoms with E-state index in [1.165, 1.54) is 11.8 Å². The molecule has 7 heteroatoms. The second-order valence-electron chi connectivity index (χ2n) is 4.51. The Morgan fingerprint density at radius 1 is 1.42 bits per heavy atom. The van der Waals surface area contributed by atoms with Crippen LogP contribution in [0.1, 0.15) is 40.2 Å². The molecule has 0 spiro atoms. The van der Waals surface area contributed by atoms with Crippen LogP contribution in [0.3, 0.4) is 0 Å². The number of rotatable bonds is 8. The van der Waals surface area contributed by atoms with E-state index in [2.05, 4.69) is 42.8 Å². The smallest absolute Gasteiger partial charge is 0.313 e. The predicted octanol–water partition coefficient (Wildman–Crippen LogP) is 2.27. The van der Waals surface area contributed by atoms with Crippen molar-refractivity contribution in [2.75, 3.05) is 23.7 Å². The quantitative estimate of drug-likeness (QED) is 0.739. The monoisotopic (exact) mass is 286 g/mol. The third-order valence-corrected chi connectivity index (χ3v) is 3.57. The van der Waals surface area contributed by atoms with Gasteiger partial charge in [0.15, 0.2) is 5.16 Å². The van der Waals surface area contributed by atoms with E-state index in [9.17, 15) is 4.79 Å². The third-order valence-electron chi connectivity index (χ3n) is 2.65. The summed E-state index contributed by atoms with van der Waals surface area (Å²) in [6.07, 6.45) is 1.04. The number of aliphatic carboxylic acids is 1. The lowest BCUT2D eigenvalue weighted by Gasteiger charge is -2.23. The lowest BCUT2D eigenvalue weighted by atomic mass is 10.4. The molecule has 0 saturated heterocycles. The van der Waals surface area contributed by atoms with E-state index >= 15 is 0 Å². The minimum Gasteiger partial charge on any atom is -0.481 e. The molecule has 0 unspecified atom stereocenters. The Labute approximate surface area is 118 Å². The van der Waals surface area contributed by atoms with Crippen LogP contribution in [0.2, 0.25) is 0 Å². The summed E-state index contributed by atoms with van der Waals surface area (Å²) in [7, 11) is 0. The minimum atomic E-state index is -0.842. The first-order chi connectivity index (χ1) is 9.01. The molecule has 0 fully saturated rings. The Morgan fingerprint density at radius 2 is 2.11 bits per heavy atom. The maximum absolute atomic E-state index is 10.7. The average molecular weight is 286 g/mol. The topological polar surface area (TPSA) is 71.2 Å². The van der Waals surface area contributed by atoms with Crippen LogP contribution >= 0.6 is 11.8 Å². The highest BCUT2D eigenvalue weighted by molar-refractivity contribution is 7.99. The number of hydrogen-bond acceptors (Lipinski definition) is 5. The molecule has 0 bridgehead atoms. The fourth-order valence-electron chi connectivity index (χ4n) is 1.83. The molecule has 1 N–H and O–H groups in total. The van der Waals surface area contributed by atoms with Crippen molar-refractivity contribution < 1.29 is 9.90 Å². The van der Waals surface area contributed by atoms with Crippen LogP contribution in [0, 0.1) is 0 Å². The molecule has 1 aromatic rings. The number of thioether (sulfide) groups is 1. The highest BCUT2D eigenvalue weighted by atomic mass is 32.2. The zero-order valence-corrected chi connectivity index (χ0v) is 12.8. The van der Waals surface area contributed by atoms with Gasteiger partial charge in [0.05, 0.1) is 5.75 Å². The highest BCUT2D eigenvalue weighted by Crippen LogP contribution is 2.26. The molecule has 0 amide bonds. The third kappa shape index (κ3) is 4.12. The highest BCUT2D eigenvalue weighted by Gasteiger charge is 2.19. The van der Waals surface area contributed by atoms with E-state index in [1.54, 1.807) is 0 Å². The van der Waals surface area contributed by atoms with Gasteiger partial charge in [-0.2, -0.15) is 0 Å². The van der Waals surface area contributed by atoms with Crippen LogP contribution in [0.4, 0.5) is 5.95 Å². The lowest BCUT2D eigenvalue weighted by molar-refractivity contribution is -0.133. The van der Waals surface area contributed by atoms with Crippen LogP contribution < -0.4 is 4.90 Å². The summed E-state index contributed by atoms with van der Waals surface area (Å²) in [5.74, 6) is -0.0110. The van der Waals surface area contributed by atoms with Gasteiger partial charge in [-0.05, 0) is 27.2 Å². The maximum atomic E-state index is 10.7. The van der Waals surface area contributed by atoms with Crippen molar-refractivity contribution in [3.63, 3.8) is 0 Å². The van der Waals surface area contributed by atoms with Gasteiger partial charge in [0, 0.05) is 19.1 Å². The van der Waals surface area contributed by atoms with Gasteiger partial charge >= 0.3 is 5.97 Å². The van der Waals surface area contributed by atoms with Gasteiger partial charge < -0.3 is 10.0 Å². The van der Waals surface area contributed by atoms with Crippen molar-refractivity contribution in [1.29, 1.82) is 0 Å². The Hall–Kier alpha value is -1.24. The first-order valence-electron chi connectivity index (χ1n) is 6.55. The summed E-state index contributed by atoms with van der Waals surface area (Å²) in [6.45, 7) is 10.1. The van der Waals surface area contributed by atoms with E-state index in [-0.39, 0.29) is 11.8 Å². The fraction of sp³-hybridized carbons (Fsp3) is 0.750. The van der Waals surface area contributed by atoms with Crippen LogP contribution in [-0.2, 0) is 4.79 Å². The molecule has 0 aromatic carbocycles. The van der Waals surface area contributed by atoms with Crippen LogP contribution in [0.25, 0.3) is 0 Å². The van der Waals surface area contributed by atoms with Gasteiger partial charge in [0.1, 0.15) is 0 Å². The van der Waals surface area contributed by atoms with E-state index < -0.39 is 5.97 Å². The number of nitrogens with zero attached hydrogens (tertiary/aromatic N) is 4. The molecule has 0 aliphatic carbocycles. The van der Waals surface area contributed by atoms with Crippen LogP contribution in [-0.4, -0.2) is 44.7 Å². The molecule has 0 radical (unpaired) electrons. The van der Waals surface area contributed by atoms with Crippen LogP contribution in [0.5, 0.6) is 0 Å². The largest absolute Gasteiger partial charge is 0.481 e. The molecule has 6 nitrogen and oxygen atoms in total. The molecule has 1 aromatic heterocycles. The Bertz CT molecular complexity index is 420. The second-order valence-corrected chi connectivity index (χ2v) is 5.45. The van der Waals surface area contributed by atoms with Gasteiger partial charge in [0.25, 0.3) is 0 Å². The summed E-state index contributed by atoms with van der Waals surface area (Å²) in [5.41, 5.74) is 0. The predicted molar refractivity (Wildman–Crippen MR) is 76.9 cm³/mol. The molecule has 0 aliphatic rings. The minimum absolute atomic E-state index is 0.00472. The maximum Gasteiger partial charge on any atom is 0.313 e. The first kappa shape index (κ1) is 15.8. The van der Waals surface area contributed by atoms with E-state index in [1.807, 2.05) is 4.57 Å². The number of carbonyl (C=O) groups is 1. The van der Waals surface area contributed by atoms with Crippen molar-refractivity contribution >= 4 is 23.7 Å². The second kappa shape index (κ2) is 7.37. The average Bonchev–Trinajstić information content (AvgIpc) is 2.77. The summed E-state index contributed by atoms with van der Waals surface area (Å²) in [4.78, 5) is 12.8. The first-order valence-corrected chi connectivity index (χ1v) is 7.54. The van der Waals surface area contributed by atoms with Gasteiger partial charge in [0.2, 0.25) is 5.95 Å². The number of carboxylic acids is 1. The summed E-state index contributed by atoms with van der Waals surface area (Å²) in [5, 5.41) is 17.8. The molecule has 19 heavy (non-hydrogen) atoms. The molecule has 0 saturated carbocycles. The lowest BCUT2D eigenvalue weighted by Crippen LogP contribution is -2.27. The van der Waals surface area contributed by atoms with Crippen molar-refractivity contribution in [2.24, 2.45) is 0 Å². The fourth-order valence-corrected chi connectivity index (χ4v) is 2.61. The number of anilines is 1. The molecular weight excluding hydrogens is 264 g/mol. The zero-order valence-electron chi connectivity index (χ0n) is 12.0. The number of carboxylic acid groups (broad SMARTS) is 1. The van der Waals surface area contributed by atoms with Crippen molar-refractivity contribution in [3.05, 3.63) is 0 Å². The Morgan fingerprint density at radius 3 is 2.58 bits per heavy atom. The summed E-state index contributed by atoms with van der Waals surface area (Å²) in [6, 6.07) is 0.201. The summed E-state index contributed by atoms with van der Waals surface area (Å²) >= 11 is 1.21. The molecule has 1 heterocycles. The molecule has 0 atom stereocenters. The molecular formula is C12H22N4O2S. The number of hydrogen-bond donors (Lipinski definition) is 1. The Balaban J connectivity index is 3.01. The van der Waals surface area contributed by atoms with Gasteiger partial charge in [-0.25, -0.2) is 0 Å². The van der Waals surface area contributed by atoms with E-state index in [0.717, 1.165) is 25.5 Å². The van der Waals surface area contributed by atoms with Crippen molar-refractivity contribution in [3.8, 4) is 0 Å². The van der Waals surface area contributed by atoms with Gasteiger partial charge in [-0.15, -0.1) is 10.2 Å². The van der Waals surface area contributed by atoms with Crippen molar-refractivity contribution in [1.82, 2.24) is 14.8 Å². The SMILES string of the molecule is CCCN(CC)c1nnc(SCC(=O)O)n1C(C)C. The Kier molecular flexibility index (Phi) is 6.14. The molecule has 1 rings (SSSR count). The summed E-state index contributed by atoms with van der Waals surface area (Å²) < 4.78 is 2.01. The van der Waals surface area contributed by atoms with Gasteiger partial charge in [-0.3, -0.25) is 9.36 Å².